The van der Waals surface area contributed by atoms with Crippen molar-refractivity contribution in [2.24, 2.45) is 4.99 Å². The highest BCUT2D eigenvalue weighted by atomic mass is 32.2. The number of halogens is 1. The molecule has 0 bridgehead atoms. The first-order chi connectivity index (χ1) is 12.6. The van der Waals surface area contributed by atoms with Crippen LogP contribution in [0.4, 0.5) is 4.39 Å². The highest BCUT2D eigenvalue weighted by molar-refractivity contribution is 7.97. The van der Waals surface area contributed by atoms with E-state index in [1.54, 1.807) is 24.9 Å². The predicted molar refractivity (Wildman–Crippen MR) is 113 cm³/mol. The molecular weight excluding hydrogens is 347 g/mol. The van der Waals surface area contributed by atoms with Crippen molar-refractivity contribution in [3.05, 3.63) is 35.1 Å². The first kappa shape index (κ1) is 22.8. The van der Waals surface area contributed by atoms with Crippen LogP contribution in [0.3, 0.4) is 0 Å². The zero-order chi connectivity index (χ0) is 19.2. The number of nitrogens with zero attached hydrogens (tertiary/aromatic N) is 2. The molecule has 0 fully saturated rings. The second-order valence-electron chi connectivity index (χ2n) is 6.77. The average molecular weight is 383 g/mol. The Morgan fingerprint density at radius 3 is 2.50 bits per heavy atom. The standard InChI is InChI=1S/C20H35FN4S/c1-22-20(23-12-8-6-5-7-9-13-25(2)3)24-15-17-10-11-19(21)14-18(17)16-26-4/h10-11,14H,5-9,12-13,15-16H2,1-4H3,(H2,22,23,24). The molecule has 26 heavy (non-hydrogen) atoms. The molecule has 0 saturated heterocycles. The molecule has 0 atom stereocenters. The van der Waals surface area contributed by atoms with Crippen molar-refractivity contribution >= 4 is 17.7 Å². The molecule has 0 aromatic heterocycles. The Kier molecular flexibility index (Phi) is 12.1. The summed E-state index contributed by atoms with van der Waals surface area (Å²) in [5.41, 5.74) is 2.16. The molecule has 0 aliphatic heterocycles. The molecule has 6 heteroatoms. The van der Waals surface area contributed by atoms with Crippen molar-refractivity contribution in [2.45, 2.75) is 44.4 Å². The van der Waals surface area contributed by atoms with Crippen LogP contribution in [-0.2, 0) is 12.3 Å². The molecule has 0 saturated carbocycles. The Morgan fingerprint density at radius 1 is 1.08 bits per heavy atom. The van der Waals surface area contributed by atoms with Gasteiger partial charge in [0.25, 0.3) is 0 Å². The van der Waals surface area contributed by atoms with Crippen molar-refractivity contribution in [1.82, 2.24) is 15.5 Å². The summed E-state index contributed by atoms with van der Waals surface area (Å²) in [7, 11) is 6.03. The van der Waals surface area contributed by atoms with Gasteiger partial charge in [-0.05, 0) is 63.0 Å². The molecule has 1 aromatic rings. The van der Waals surface area contributed by atoms with Crippen LogP contribution in [0.2, 0.25) is 0 Å². The maximum absolute atomic E-state index is 13.4. The summed E-state index contributed by atoms with van der Waals surface area (Å²) in [4.78, 5) is 6.51. The van der Waals surface area contributed by atoms with Crippen molar-refractivity contribution in [3.8, 4) is 0 Å². The number of hydrogen-bond acceptors (Lipinski definition) is 3. The number of thioether (sulfide) groups is 1. The van der Waals surface area contributed by atoms with Crippen molar-refractivity contribution in [1.29, 1.82) is 0 Å². The monoisotopic (exact) mass is 382 g/mol. The molecule has 148 valence electrons. The maximum Gasteiger partial charge on any atom is 0.191 e. The van der Waals surface area contributed by atoms with E-state index in [0.717, 1.165) is 35.8 Å². The van der Waals surface area contributed by atoms with Crippen LogP contribution in [0, 0.1) is 5.82 Å². The lowest BCUT2D eigenvalue weighted by Gasteiger charge is -2.14. The number of benzene rings is 1. The largest absolute Gasteiger partial charge is 0.356 e. The van der Waals surface area contributed by atoms with Gasteiger partial charge in [0, 0.05) is 25.9 Å². The van der Waals surface area contributed by atoms with E-state index in [0.29, 0.717) is 6.54 Å². The van der Waals surface area contributed by atoms with Gasteiger partial charge in [-0.1, -0.05) is 25.3 Å². The van der Waals surface area contributed by atoms with E-state index in [1.807, 2.05) is 12.3 Å². The fourth-order valence-corrected chi connectivity index (χ4v) is 3.33. The van der Waals surface area contributed by atoms with Crippen LogP contribution >= 0.6 is 11.8 Å². The Balaban J connectivity index is 2.25. The van der Waals surface area contributed by atoms with E-state index in [4.69, 9.17) is 0 Å². The van der Waals surface area contributed by atoms with Gasteiger partial charge in [-0.3, -0.25) is 4.99 Å². The summed E-state index contributed by atoms with van der Waals surface area (Å²) in [6, 6.07) is 5.00. The minimum atomic E-state index is -0.175. The lowest BCUT2D eigenvalue weighted by molar-refractivity contribution is 0.389. The highest BCUT2D eigenvalue weighted by Crippen LogP contribution is 2.16. The Morgan fingerprint density at radius 2 is 1.81 bits per heavy atom. The van der Waals surface area contributed by atoms with Gasteiger partial charge < -0.3 is 15.5 Å². The lowest BCUT2D eigenvalue weighted by atomic mass is 10.1. The van der Waals surface area contributed by atoms with Crippen LogP contribution in [0.5, 0.6) is 0 Å². The maximum atomic E-state index is 13.4. The molecule has 0 amide bonds. The molecule has 4 nitrogen and oxygen atoms in total. The van der Waals surface area contributed by atoms with Crippen molar-refractivity contribution < 1.29 is 4.39 Å². The van der Waals surface area contributed by atoms with E-state index in [2.05, 4.69) is 34.6 Å². The van der Waals surface area contributed by atoms with E-state index >= 15 is 0 Å². The summed E-state index contributed by atoms with van der Waals surface area (Å²) < 4.78 is 13.4. The summed E-state index contributed by atoms with van der Waals surface area (Å²) in [6.07, 6.45) is 8.29. The molecule has 0 aliphatic carbocycles. The first-order valence-electron chi connectivity index (χ1n) is 9.42. The van der Waals surface area contributed by atoms with Gasteiger partial charge in [0.2, 0.25) is 0 Å². The third-order valence-electron chi connectivity index (χ3n) is 4.21. The number of nitrogens with one attached hydrogen (secondary N) is 2. The summed E-state index contributed by atoms with van der Waals surface area (Å²) in [6.45, 7) is 2.76. The number of hydrogen-bond donors (Lipinski definition) is 2. The Hall–Kier alpha value is -1.27. The van der Waals surface area contributed by atoms with Crippen molar-refractivity contribution in [2.75, 3.05) is 40.5 Å². The smallest absolute Gasteiger partial charge is 0.191 e. The molecule has 2 N–H and O–H groups in total. The van der Waals surface area contributed by atoms with Crippen molar-refractivity contribution in [3.63, 3.8) is 0 Å². The average Bonchev–Trinajstić information content (AvgIpc) is 2.61. The third-order valence-corrected chi connectivity index (χ3v) is 4.81. The highest BCUT2D eigenvalue weighted by Gasteiger charge is 2.05. The van der Waals surface area contributed by atoms with Crippen LogP contribution in [0.1, 0.15) is 43.2 Å². The second kappa shape index (κ2) is 13.9. The predicted octanol–water partition coefficient (Wildman–Crippen LogP) is 3.87. The van der Waals surface area contributed by atoms with Gasteiger partial charge in [0.05, 0.1) is 0 Å². The molecule has 0 heterocycles. The summed E-state index contributed by atoms with van der Waals surface area (Å²) >= 11 is 1.70. The van der Waals surface area contributed by atoms with Crippen LogP contribution in [0.25, 0.3) is 0 Å². The molecule has 1 aromatic carbocycles. The van der Waals surface area contributed by atoms with Gasteiger partial charge in [0.15, 0.2) is 5.96 Å². The molecule has 0 unspecified atom stereocenters. The quantitative estimate of drug-likeness (QED) is 0.327. The fraction of sp³-hybridized carbons (Fsp3) is 0.650. The van der Waals surface area contributed by atoms with E-state index < -0.39 is 0 Å². The minimum Gasteiger partial charge on any atom is -0.356 e. The molecule has 1 rings (SSSR count). The summed E-state index contributed by atoms with van der Waals surface area (Å²) in [5, 5.41) is 6.69. The zero-order valence-electron chi connectivity index (χ0n) is 16.8. The van der Waals surface area contributed by atoms with E-state index in [-0.39, 0.29) is 5.82 Å². The summed E-state index contributed by atoms with van der Waals surface area (Å²) in [5.74, 6) is 1.44. The van der Waals surface area contributed by atoms with Gasteiger partial charge in [-0.2, -0.15) is 11.8 Å². The lowest BCUT2D eigenvalue weighted by Crippen LogP contribution is -2.37. The van der Waals surface area contributed by atoms with Gasteiger partial charge in [-0.15, -0.1) is 0 Å². The minimum absolute atomic E-state index is 0.175. The molecule has 0 aliphatic rings. The van der Waals surface area contributed by atoms with Crippen LogP contribution in [0.15, 0.2) is 23.2 Å². The van der Waals surface area contributed by atoms with Gasteiger partial charge >= 0.3 is 0 Å². The van der Waals surface area contributed by atoms with Crippen LogP contribution < -0.4 is 10.6 Å². The third kappa shape index (κ3) is 10.0. The zero-order valence-corrected chi connectivity index (χ0v) is 17.6. The normalized spacial score (nSPS) is 11.8. The van der Waals surface area contributed by atoms with E-state index in [9.17, 15) is 4.39 Å². The van der Waals surface area contributed by atoms with Gasteiger partial charge in [-0.25, -0.2) is 4.39 Å². The number of rotatable bonds is 12. The van der Waals surface area contributed by atoms with Crippen LogP contribution in [-0.4, -0.2) is 51.3 Å². The second-order valence-corrected chi connectivity index (χ2v) is 7.64. The Bertz CT molecular complexity index is 535. The Labute approximate surface area is 163 Å². The topological polar surface area (TPSA) is 39.7 Å². The SMILES string of the molecule is CN=C(NCCCCCCCN(C)C)NCc1ccc(F)cc1CSC. The molecule has 0 spiro atoms. The number of guanidine groups is 1. The number of unbranched alkanes of at least 4 members (excludes halogenated alkanes) is 4. The fourth-order valence-electron chi connectivity index (χ4n) is 2.75. The van der Waals surface area contributed by atoms with E-state index in [1.165, 1.54) is 38.3 Å². The number of aliphatic imine (C=N–C) groups is 1. The first-order valence-corrected chi connectivity index (χ1v) is 10.8. The van der Waals surface area contributed by atoms with Gasteiger partial charge in [0.1, 0.15) is 5.82 Å². The molecular formula is C20H35FN4S. The molecule has 0 radical (unpaired) electrons.